The van der Waals surface area contributed by atoms with Gasteiger partial charge in [-0.1, -0.05) is 18.9 Å². The highest BCUT2D eigenvalue weighted by atomic mass is 32.1. The van der Waals surface area contributed by atoms with Crippen LogP contribution in [0, 0.1) is 5.41 Å². The molecule has 1 saturated heterocycles. The third kappa shape index (κ3) is 3.71. The first-order valence-electron chi connectivity index (χ1n) is 10.3. The van der Waals surface area contributed by atoms with Crippen molar-refractivity contribution in [3.8, 4) is 0 Å². The van der Waals surface area contributed by atoms with E-state index in [4.69, 9.17) is 0 Å². The Morgan fingerprint density at radius 2 is 2.00 bits per heavy atom. The molecule has 1 aliphatic heterocycles. The summed E-state index contributed by atoms with van der Waals surface area (Å²) < 4.78 is 2.43. The second-order valence-corrected chi connectivity index (χ2v) is 9.32. The Bertz CT molecular complexity index is 1110. The summed E-state index contributed by atoms with van der Waals surface area (Å²) in [7, 11) is 0. The largest absolute Gasteiger partial charge is 0.355 e. The third-order valence-electron chi connectivity index (χ3n) is 6.40. The zero-order chi connectivity index (χ0) is 19.8. The summed E-state index contributed by atoms with van der Waals surface area (Å²) in [5, 5.41) is 4.53. The van der Waals surface area contributed by atoms with Crippen LogP contribution in [0.4, 0.5) is 5.82 Å². The first kappa shape index (κ1) is 18.5. The van der Waals surface area contributed by atoms with E-state index in [9.17, 15) is 9.59 Å². The van der Waals surface area contributed by atoms with Gasteiger partial charge in [-0.05, 0) is 48.4 Å². The fourth-order valence-corrected chi connectivity index (χ4v) is 5.51. The number of thiazole rings is 1. The van der Waals surface area contributed by atoms with Crippen LogP contribution in [0.15, 0.2) is 40.6 Å². The summed E-state index contributed by atoms with van der Waals surface area (Å²) >= 11 is 1.58. The molecule has 29 heavy (non-hydrogen) atoms. The summed E-state index contributed by atoms with van der Waals surface area (Å²) in [6, 6.07) is 9.23. The van der Waals surface area contributed by atoms with Crippen molar-refractivity contribution >= 4 is 33.2 Å². The molecule has 3 aromatic rings. The number of Topliss-reactive ketones (excluding diaryl/α,β-unsaturated/α-hetero) is 1. The molecule has 5 rings (SSSR count). The molecule has 7 heteroatoms. The maximum Gasteiger partial charge on any atom is 0.267 e. The second-order valence-electron chi connectivity index (χ2n) is 8.44. The molecular weight excluding hydrogens is 384 g/mol. The van der Waals surface area contributed by atoms with Gasteiger partial charge in [0.25, 0.3) is 5.56 Å². The predicted molar refractivity (Wildman–Crippen MR) is 115 cm³/mol. The first-order chi connectivity index (χ1) is 14.1. The summed E-state index contributed by atoms with van der Waals surface area (Å²) in [4.78, 5) is 31.5. The Labute approximate surface area is 173 Å². The Morgan fingerprint density at radius 3 is 2.86 bits per heavy atom. The molecule has 6 nitrogen and oxygen atoms in total. The molecule has 0 bridgehead atoms. The van der Waals surface area contributed by atoms with E-state index < -0.39 is 0 Å². The molecule has 2 aliphatic rings. The highest BCUT2D eigenvalue weighted by molar-refractivity contribution is 7.16. The fraction of sp³-hybridized carbons (Fsp3) is 0.455. The standard InChI is InChI=1S/C22H24N4O2S/c27-17(11-16-3-4-19-18(12-16)23-15-29-19)13-26-21(28)6-5-20(24-26)25-10-9-22(14-25)7-1-2-8-22/h3-6,12,15H,1-2,7-11,13-14H2. The molecule has 150 valence electrons. The molecular formula is C22H24N4O2S. The van der Waals surface area contributed by atoms with Crippen LogP contribution in [0.3, 0.4) is 0 Å². The van der Waals surface area contributed by atoms with Crippen LogP contribution in [-0.2, 0) is 17.8 Å². The molecule has 0 amide bonds. The van der Waals surface area contributed by atoms with Gasteiger partial charge < -0.3 is 4.90 Å². The molecule has 1 saturated carbocycles. The molecule has 2 aromatic heterocycles. The van der Waals surface area contributed by atoms with Gasteiger partial charge in [0.15, 0.2) is 5.78 Å². The minimum absolute atomic E-state index is 0.000753. The van der Waals surface area contributed by atoms with Crippen molar-refractivity contribution in [2.24, 2.45) is 5.41 Å². The Kier molecular flexibility index (Phi) is 4.70. The van der Waals surface area contributed by atoms with Crippen molar-refractivity contribution in [1.82, 2.24) is 14.8 Å². The van der Waals surface area contributed by atoms with Gasteiger partial charge in [-0.3, -0.25) is 9.59 Å². The average molecular weight is 409 g/mol. The Hall–Kier alpha value is -2.54. The highest BCUT2D eigenvalue weighted by Crippen LogP contribution is 2.45. The number of ketones is 1. The number of rotatable bonds is 5. The van der Waals surface area contributed by atoms with E-state index in [1.54, 1.807) is 22.9 Å². The van der Waals surface area contributed by atoms with E-state index in [2.05, 4.69) is 15.0 Å². The summed E-state index contributed by atoms with van der Waals surface area (Å²) in [6.45, 7) is 1.99. The Morgan fingerprint density at radius 1 is 1.14 bits per heavy atom. The average Bonchev–Trinajstić information content (AvgIpc) is 3.45. The van der Waals surface area contributed by atoms with Crippen molar-refractivity contribution in [3.05, 3.63) is 51.8 Å². The van der Waals surface area contributed by atoms with Crippen molar-refractivity contribution in [2.75, 3.05) is 18.0 Å². The van der Waals surface area contributed by atoms with Crippen molar-refractivity contribution < 1.29 is 4.79 Å². The molecule has 0 unspecified atom stereocenters. The maximum absolute atomic E-state index is 12.6. The summed E-state index contributed by atoms with van der Waals surface area (Å²) in [6.07, 6.45) is 6.71. The monoisotopic (exact) mass is 408 g/mol. The molecule has 0 radical (unpaired) electrons. The van der Waals surface area contributed by atoms with Crippen LogP contribution in [0.2, 0.25) is 0 Å². The molecule has 0 atom stereocenters. The predicted octanol–water partition coefficient (Wildman–Crippen LogP) is 3.44. The molecule has 1 spiro atoms. The van der Waals surface area contributed by atoms with E-state index in [0.29, 0.717) is 5.41 Å². The molecule has 3 heterocycles. The van der Waals surface area contributed by atoms with E-state index in [1.165, 1.54) is 42.9 Å². The topological polar surface area (TPSA) is 68.1 Å². The van der Waals surface area contributed by atoms with Gasteiger partial charge in [-0.2, -0.15) is 5.10 Å². The van der Waals surface area contributed by atoms with Crippen molar-refractivity contribution in [3.63, 3.8) is 0 Å². The molecule has 1 aromatic carbocycles. The van der Waals surface area contributed by atoms with Crippen LogP contribution in [0.25, 0.3) is 10.2 Å². The highest BCUT2D eigenvalue weighted by Gasteiger charge is 2.40. The molecule has 2 fully saturated rings. The third-order valence-corrected chi connectivity index (χ3v) is 7.21. The van der Waals surface area contributed by atoms with Gasteiger partial charge >= 0.3 is 0 Å². The van der Waals surface area contributed by atoms with Crippen LogP contribution < -0.4 is 10.5 Å². The number of hydrogen-bond donors (Lipinski definition) is 0. The summed E-state index contributed by atoms with van der Waals surface area (Å²) in [5.74, 6) is 0.782. The second kappa shape index (κ2) is 7.37. The van der Waals surface area contributed by atoms with Crippen molar-refractivity contribution in [1.29, 1.82) is 0 Å². The fourth-order valence-electron chi connectivity index (χ4n) is 4.85. The lowest BCUT2D eigenvalue weighted by Crippen LogP contribution is -2.31. The van der Waals surface area contributed by atoms with E-state index in [0.717, 1.165) is 34.7 Å². The van der Waals surface area contributed by atoms with Gasteiger partial charge in [0.2, 0.25) is 0 Å². The number of carbonyl (C=O) groups excluding carboxylic acids is 1. The van der Waals surface area contributed by atoms with E-state index in [1.807, 2.05) is 18.2 Å². The van der Waals surface area contributed by atoms with Gasteiger partial charge in [0.05, 0.1) is 15.7 Å². The SMILES string of the molecule is O=C(Cc1ccc2scnc2c1)Cn1nc(N2CCC3(CCCC3)C2)ccc1=O. The lowest BCUT2D eigenvalue weighted by molar-refractivity contribution is -0.119. The normalized spacial score (nSPS) is 18.1. The smallest absolute Gasteiger partial charge is 0.267 e. The minimum atomic E-state index is -0.230. The minimum Gasteiger partial charge on any atom is -0.355 e. The zero-order valence-electron chi connectivity index (χ0n) is 16.3. The van der Waals surface area contributed by atoms with Gasteiger partial charge in [-0.25, -0.2) is 9.67 Å². The lowest BCUT2D eigenvalue weighted by atomic mass is 9.86. The number of carbonyl (C=O) groups is 1. The maximum atomic E-state index is 12.6. The van der Waals surface area contributed by atoms with Gasteiger partial charge in [0, 0.05) is 25.6 Å². The van der Waals surface area contributed by atoms with Crippen LogP contribution in [0.5, 0.6) is 0 Å². The van der Waals surface area contributed by atoms with Gasteiger partial charge in [-0.15, -0.1) is 11.3 Å². The lowest BCUT2D eigenvalue weighted by Gasteiger charge is -2.24. The van der Waals surface area contributed by atoms with Crippen LogP contribution in [0.1, 0.15) is 37.7 Å². The number of aromatic nitrogens is 3. The van der Waals surface area contributed by atoms with E-state index >= 15 is 0 Å². The number of hydrogen-bond acceptors (Lipinski definition) is 6. The molecule has 0 N–H and O–H groups in total. The van der Waals surface area contributed by atoms with Crippen molar-refractivity contribution in [2.45, 2.75) is 45.1 Å². The summed E-state index contributed by atoms with van der Waals surface area (Å²) in [5.41, 5.74) is 3.84. The Balaban J connectivity index is 1.29. The number of anilines is 1. The number of benzene rings is 1. The number of nitrogens with zero attached hydrogens (tertiary/aromatic N) is 4. The van der Waals surface area contributed by atoms with Gasteiger partial charge in [0.1, 0.15) is 12.4 Å². The van der Waals surface area contributed by atoms with Crippen LogP contribution >= 0.6 is 11.3 Å². The van der Waals surface area contributed by atoms with Crippen LogP contribution in [-0.4, -0.2) is 33.6 Å². The first-order valence-corrected chi connectivity index (χ1v) is 11.2. The quantitative estimate of drug-likeness (QED) is 0.647. The number of fused-ring (bicyclic) bond motifs is 1. The molecule has 1 aliphatic carbocycles. The van der Waals surface area contributed by atoms with E-state index in [-0.39, 0.29) is 24.3 Å². The zero-order valence-corrected chi connectivity index (χ0v) is 17.2.